The van der Waals surface area contributed by atoms with Gasteiger partial charge in [0.2, 0.25) is 0 Å². The van der Waals surface area contributed by atoms with Crippen molar-refractivity contribution in [2.75, 3.05) is 5.73 Å². The van der Waals surface area contributed by atoms with Crippen LogP contribution < -0.4 is 11.3 Å². The molecule has 1 aromatic heterocycles. The third kappa shape index (κ3) is 1.03. The molecule has 10 heavy (non-hydrogen) atoms. The lowest BCUT2D eigenvalue weighted by atomic mass is 10.3. The molecule has 0 saturated carbocycles. The van der Waals surface area contributed by atoms with Gasteiger partial charge in [0, 0.05) is 13.1 Å². The summed E-state index contributed by atoms with van der Waals surface area (Å²) < 4.78 is 1.41. The molecule has 1 heterocycles. The molecule has 2 N–H and O–H groups in total. The predicted molar refractivity (Wildman–Crippen MR) is 40.8 cm³/mol. The summed E-state index contributed by atoms with van der Waals surface area (Å²) >= 11 is 0. The van der Waals surface area contributed by atoms with Crippen LogP contribution in [0.4, 0.5) is 5.82 Å². The maximum atomic E-state index is 10.9. The second-order valence-electron chi connectivity index (χ2n) is 2.35. The van der Waals surface area contributed by atoms with Crippen molar-refractivity contribution in [1.82, 2.24) is 4.57 Å². The Hall–Kier alpha value is -1.25. The van der Waals surface area contributed by atoms with Crippen LogP contribution in [0.5, 0.6) is 0 Å². The van der Waals surface area contributed by atoms with Gasteiger partial charge in [-0.15, -0.1) is 0 Å². The van der Waals surface area contributed by atoms with Gasteiger partial charge in [-0.25, -0.2) is 0 Å². The molecular formula is C7H10N2O. The van der Waals surface area contributed by atoms with Crippen molar-refractivity contribution in [2.45, 2.75) is 6.92 Å². The van der Waals surface area contributed by atoms with Gasteiger partial charge in [-0.2, -0.15) is 0 Å². The molecule has 54 valence electrons. The highest BCUT2D eigenvalue weighted by molar-refractivity contribution is 5.32. The van der Waals surface area contributed by atoms with Gasteiger partial charge in [-0.1, -0.05) is 0 Å². The minimum atomic E-state index is -0.0579. The van der Waals surface area contributed by atoms with Crippen LogP contribution in [0, 0.1) is 6.92 Å². The fourth-order valence-corrected chi connectivity index (χ4v) is 0.791. The smallest absolute Gasteiger partial charge is 0.252 e. The highest BCUT2D eigenvalue weighted by atomic mass is 16.1. The molecule has 0 bridgehead atoms. The minimum Gasteiger partial charge on any atom is -0.385 e. The van der Waals surface area contributed by atoms with Crippen LogP contribution in [0.3, 0.4) is 0 Å². The van der Waals surface area contributed by atoms with E-state index < -0.39 is 0 Å². The van der Waals surface area contributed by atoms with Gasteiger partial charge >= 0.3 is 0 Å². The van der Waals surface area contributed by atoms with Gasteiger partial charge in [-0.3, -0.25) is 9.36 Å². The van der Waals surface area contributed by atoms with Crippen molar-refractivity contribution in [1.29, 1.82) is 0 Å². The molecule has 0 aromatic carbocycles. The van der Waals surface area contributed by atoms with Gasteiger partial charge in [0.05, 0.1) is 0 Å². The van der Waals surface area contributed by atoms with Crippen LogP contribution in [0.25, 0.3) is 0 Å². The molecule has 3 heteroatoms. The molecule has 0 radical (unpaired) electrons. The Balaban J connectivity index is 3.46. The third-order valence-electron chi connectivity index (χ3n) is 1.44. The zero-order chi connectivity index (χ0) is 7.72. The Morgan fingerprint density at radius 3 is 2.60 bits per heavy atom. The fourth-order valence-electron chi connectivity index (χ4n) is 0.791. The molecular weight excluding hydrogens is 128 g/mol. The number of anilines is 1. The molecule has 0 spiro atoms. The maximum absolute atomic E-state index is 10.9. The van der Waals surface area contributed by atoms with E-state index in [1.165, 1.54) is 4.57 Å². The summed E-state index contributed by atoms with van der Waals surface area (Å²) in [5.74, 6) is 0.505. The van der Waals surface area contributed by atoms with Crippen LogP contribution in [0.1, 0.15) is 5.56 Å². The zero-order valence-electron chi connectivity index (χ0n) is 6.09. The number of aryl methyl sites for hydroxylation is 1. The van der Waals surface area contributed by atoms with Gasteiger partial charge < -0.3 is 5.73 Å². The van der Waals surface area contributed by atoms with E-state index in [0.717, 1.165) is 5.56 Å². The average Bonchev–Trinajstić information content (AvgIpc) is 1.82. The number of aromatic nitrogens is 1. The minimum absolute atomic E-state index is 0.0579. The fraction of sp³-hybridized carbons (Fsp3) is 0.286. The number of nitrogens with two attached hydrogens (primary N) is 1. The van der Waals surface area contributed by atoms with Gasteiger partial charge in [0.1, 0.15) is 5.82 Å². The molecule has 0 aliphatic rings. The molecule has 3 nitrogen and oxygen atoms in total. The van der Waals surface area contributed by atoms with Crippen LogP contribution >= 0.6 is 0 Å². The summed E-state index contributed by atoms with van der Waals surface area (Å²) in [6.07, 6.45) is 0. The first-order valence-corrected chi connectivity index (χ1v) is 3.04. The summed E-state index contributed by atoms with van der Waals surface area (Å²) in [6.45, 7) is 1.84. The van der Waals surface area contributed by atoms with Crippen LogP contribution in [0.2, 0.25) is 0 Å². The number of rotatable bonds is 0. The van der Waals surface area contributed by atoms with Crippen molar-refractivity contribution < 1.29 is 0 Å². The molecule has 0 fully saturated rings. The Kier molecular flexibility index (Phi) is 1.49. The van der Waals surface area contributed by atoms with Crippen LogP contribution in [-0.2, 0) is 7.05 Å². The summed E-state index contributed by atoms with van der Waals surface area (Å²) in [7, 11) is 1.65. The molecule has 0 saturated heterocycles. The number of hydrogen-bond donors (Lipinski definition) is 1. The molecule has 0 aliphatic heterocycles. The summed E-state index contributed by atoms with van der Waals surface area (Å²) in [5, 5.41) is 0. The van der Waals surface area contributed by atoms with E-state index in [2.05, 4.69) is 0 Å². The predicted octanol–water partition coefficient (Wildman–Crippen LogP) is 0.276. The van der Waals surface area contributed by atoms with E-state index >= 15 is 0 Å². The first-order valence-electron chi connectivity index (χ1n) is 3.04. The van der Waals surface area contributed by atoms with E-state index in [9.17, 15) is 4.79 Å². The first-order chi connectivity index (χ1) is 4.61. The molecule has 1 aromatic rings. The number of nitrogen functional groups attached to an aromatic ring is 1. The van der Waals surface area contributed by atoms with Gasteiger partial charge in [0.15, 0.2) is 0 Å². The van der Waals surface area contributed by atoms with E-state index in [1.54, 1.807) is 19.2 Å². The van der Waals surface area contributed by atoms with Crippen molar-refractivity contribution in [3.63, 3.8) is 0 Å². The Labute approximate surface area is 59.1 Å². The highest BCUT2D eigenvalue weighted by Crippen LogP contribution is 1.98. The number of pyridine rings is 1. The lowest BCUT2D eigenvalue weighted by molar-refractivity contribution is 0.871. The average molecular weight is 138 g/mol. The Bertz CT molecular complexity index is 301. The van der Waals surface area contributed by atoms with E-state index in [-0.39, 0.29) is 5.56 Å². The molecule has 0 atom stereocenters. The zero-order valence-corrected chi connectivity index (χ0v) is 6.09. The van der Waals surface area contributed by atoms with Gasteiger partial charge in [0.25, 0.3) is 5.56 Å². The van der Waals surface area contributed by atoms with Crippen molar-refractivity contribution in [3.8, 4) is 0 Å². The van der Waals surface area contributed by atoms with E-state index in [4.69, 9.17) is 5.73 Å². The van der Waals surface area contributed by atoms with Crippen LogP contribution in [0.15, 0.2) is 16.9 Å². The lowest BCUT2D eigenvalue weighted by Gasteiger charge is -2.01. The van der Waals surface area contributed by atoms with E-state index in [0.29, 0.717) is 5.82 Å². The highest BCUT2D eigenvalue weighted by Gasteiger charge is 1.94. The molecule has 0 amide bonds. The Morgan fingerprint density at radius 1 is 1.50 bits per heavy atom. The largest absolute Gasteiger partial charge is 0.385 e. The van der Waals surface area contributed by atoms with Crippen LogP contribution in [-0.4, -0.2) is 4.57 Å². The number of nitrogens with zero attached hydrogens (tertiary/aromatic N) is 1. The second-order valence-corrected chi connectivity index (χ2v) is 2.35. The first kappa shape index (κ1) is 6.86. The molecule has 0 aliphatic carbocycles. The van der Waals surface area contributed by atoms with Crippen molar-refractivity contribution in [2.24, 2.45) is 7.05 Å². The quantitative estimate of drug-likeness (QED) is 0.559. The molecule has 1 rings (SSSR count). The molecule has 0 unspecified atom stereocenters. The Morgan fingerprint density at radius 2 is 2.10 bits per heavy atom. The third-order valence-corrected chi connectivity index (χ3v) is 1.44. The SMILES string of the molecule is Cc1cc(N)n(C)c(=O)c1. The second kappa shape index (κ2) is 2.17. The van der Waals surface area contributed by atoms with Crippen molar-refractivity contribution in [3.05, 3.63) is 28.0 Å². The van der Waals surface area contributed by atoms with Gasteiger partial charge in [-0.05, 0) is 18.6 Å². The standard InChI is InChI=1S/C7H10N2O/c1-5-3-6(8)9(2)7(10)4-5/h3-4H,8H2,1-2H3. The number of hydrogen-bond acceptors (Lipinski definition) is 2. The monoisotopic (exact) mass is 138 g/mol. The van der Waals surface area contributed by atoms with E-state index in [1.807, 2.05) is 6.92 Å². The maximum Gasteiger partial charge on any atom is 0.252 e. The summed E-state index contributed by atoms with van der Waals surface area (Å²) in [5.41, 5.74) is 6.33. The summed E-state index contributed by atoms with van der Waals surface area (Å²) in [6, 6.07) is 3.32. The van der Waals surface area contributed by atoms with Crippen molar-refractivity contribution >= 4 is 5.82 Å². The summed E-state index contributed by atoms with van der Waals surface area (Å²) in [4.78, 5) is 10.9. The normalized spacial score (nSPS) is 9.80. The topological polar surface area (TPSA) is 48.0 Å². The lowest BCUT2D eigenvalue weighted by Crippen LogP contribution is -2.18.